The van der Waals surface area contributed by atoms with E-state index in [4.69, 9.17) is 18.9 Å². The fraction of sp³-hybridized carbons (Fsp3) is 0.882. The van der Waals surface area contributed by atoms with E-state index >= 15 is 0 Å². The van der Waals surface area contributed by atoms with Crippen LogP contribution in [0, 0.1) is 0 Å². The summed E-state index contributed by atoms with van der Waals surface area (Å²) in [5.41, 5.74) is 0. The van der Waals surface area contributed by atoms with Gasteiger partial charge in [-0.05, 0) is 64.2 Å². The SMILES string of the molecule is CCCCCCC/C=C\C/C=C\CCCCCCCCCCCCCCCCCCCC(=O)NC(COC1OC(CO)C(OC2OC(CO)C(O)C(O)C2O)C(O)C1O)C(O)/C=C/CC/C=C/CCCCCCCCCCCCCCCCCCCCCCC. The van der Waals surface area contributed by atoms with Crippen LogP contribution in [-0.4, -0.2) is 140 Å². The van der Waals surface area contributed by atoms with Crippen LogP contribution in [0.15, 0.2) is 48.6 Å². The van der Waals surface area contributed by atoms with Crippen LogP contribution >= 0.6 is 0 Å². The second kappa shape index (κ2) is 60.6. The molecule has 0 bridgehead atoms. The molecule has 2 aliphatic rings. The van der Waals surface area contributed by atoms with Crippen molar-refractivity contribution in [3.63, 3.8) is 0 Å². The summed E-state index contributed by atoms with van der Waals surface area (Å²) in [5, 5.41) is 87.5. The smallest absolute Gasteiger partial charge is 0.220 e. The number of rotatable bonds is 63. The lowest BCUT2D eigenvalue weighted by Crippen LogP contribution is -2.65. The lowest BCUT2D eigenvalue weighted by atomic mass is 9.97. The summed E-state index contributed by atoms with van der Waals surface area (Å²) >= 11 is 0. The molecular formula is C76H141NO13. The minimum Gasteiger partial charge on any atom is -0.394 e. The first-order valence-corrected chi connectivity index (χ1v) is 37.9. The van der Waals surface area contributed by atoms with E-state index in [2.05, 4.69) is 55.6 Å². The summed E-state index contributed by atoms with van der Waals surface area (Å²) in [7, 11) is 0. The highest BCUT2D eigenvalue weighted by Gasteiger charge is 2.51. The first-order chi connectivity index (χ1) is 44.1. The third kappa shape index (κ3) is 43.8. The van der Waals surface area contributed by atoms with Crippen LogP contribution in [0.1, 0.15) is 335 Å². The van der Waals surface area contributed by atoms with E-state index in [1.54, 1.807) is 6.08 Å². The van der Waals surface area contributed by atoms with Crippen molar-refractivity contribution >= 4 is 5.91 Å². The summed E-state index contributed by atoms with van der Waals surface area (Å²) in [6, 6.07) is -0.933. The molecule has 90 heavy (non-hydrogen) atoms. The zero-order valence-electron chi connectivity index (χ0n) is 57.6. The molecule has 0 aromatic carbocycles. The van der Waals surface area contributed by atoms with Gasteiger partial charge in [0.25, 0.3) is 0 Å². The Hall–Kier alpha value is -2.05. The molecule has 9 N–H and O–H groups in total. The average molecular weight is 1280 g/mol. The monoisotopic (exact) mass is 1280 g/mol. The van der Waals surface area contributed by atoms with Gasteiger partial charge in [0.15, 0.2) is 12.6 Å². The molecule has 2 aliphatic heterocycles. The molecule has 528 valence electrons. The van der Waals surface area contributed by atoms with Gasteiger partial charge in [0.05, 0.1) is 32.0 Å². The van der Waals surface area contributed by atoms with Crippen LogP contribution in [0.2, 0.25) is 0 Å². The Morgan fingerprint density at radius 3 is 1.16 bits per heavy atom. The van der Waals surface area contributed by atoms with Gasteiger partial charge in [0, 0.05) is 6.42 Å². The Labute approximate surface area is 550 Å². The number of hydrogen-bond acceptors (Lipinski definition) is 13. The third-order valence-corrected chi connectivity index (χ3v) is 18.5. The van der Waals surface area contributed by atoms with Crippen LogP contribution < -0.4 is 5.32 Å². The molecule has 2 rings (SSSR count). The van der Waals surface area contributed by atoms with Gasteiger partial charge in [-0.3, -0.25) is 4.79 Å². The number of allylic oxidation sites excluding steroid dienone is 7. The Morgan fingerprint density at radius 1 is 0.400 bits per heavy atom. The summed E-state index contributed by atoms with van der Waals surface area (Å²) in [6.45, 7) is 2.82. The summed E-state index contributed by atoms with van der Waals surface area (Å²) in [6.07, 6.45) is 63.2. The van der Waals surface area contributed by atoms with Crippen LogP contribution in [0.25, 0.3) is 0 Å². The number of unbranched alkanes of at least 4 members (excludes halogenated alkanes) is 44. The zero-order chi connectivity index (χ0) is 65.2. The van der Waals surface area contributed by atoms with Crippen molar-refractivity contribution in [1.82, 2.24) is 5.32 Å². The number of nitrogens with one attached hydrogen (secondary N) is 1. The normalized spacial score (nSPS) is 23.1. The standard InChI is InChI=1S/C76H141NO13/c1-3-5-7-9-11-13-15-17-19-21-23-25-27-29-31-32-34-36-38-40-42-44-46-48-50-52-54-56-58-60-68(81)77-64(63-87-75-73(86)71(84)74(67(62-79)89-75)90-76-72(85)70(83)69(82)66(61-78)88-76)65(80)59-57-55-53-51-49-47-45-43-41-39-37-35-33-30-28-26-24-22-20-18-16-14-12-10-8-6-4-2/h15,17,21,23,49,51,57,59,64-67,69-76,78-80,82-86H,3-14,16,18-20,22,24-48,50,52-56,58,60-63H2,1-2H3,(H,77,81)/b17-15-,23-21-,51-49+,59-57+. The van der Waals surface area contributed by atoms with Gasteiger partial charge >= 0.3 is 0 Å². The maximum absolute atomic E-state index is 13.4. The minimum atomic E-state index is -1.79. The number of carbonyl (C=O) groups is 1. The fourth-order valence-corrected chi connectivity index (χ4v) is 12.5. The third-order valence-electron chi connectivity index (χ3n) is 18.5. The number of aliphatic hydroxyl groups is 8. The van der Waals surface area contributed by atoms with Crippen molar-refractivity contribution < 1.29 is 64.6 Å². The topological polar surface area (TPSA) is 228 Å². The molecule has 14 heteroatoms. The predicted molar refractivity (Wildman–Crippen MR) is 369 cm³/mol. The molecule has 12 unspecified atom stereocenters. The quantitative estimate of drug-likeness (QED) is 0.0204. The molecule has 1 amide bonds. The molecular weight excluding hydrogens is 1130 g/mol. The van der Waals surface area contributed by atoms with Gasteiger partial charge < -0.3 is 65.1 Å². The van der Waals surface area contributed by atoms with Crippen LogP contribution in [-0.2, 0) is 23.7 Å². The zero-order valence-corrected chi connectivity index (χ0v) is 57.6. The van der Waals surface area contributed by atoms with Crippen LogP contribution in [0.5, 0.6) is 0 Å². The lowest BCUT2D eigenvalue weighted by Gasteiger charge is -2.46. The average Bonchev–Trinajstić information content (AvgIpc) is 1.26. The second-order valence-corrected chi connectivity index (χ2v) is 26.8. The van der Waals surface area contributed by atoms with E-state index in [1.165, 1.54) is 263 Å². The maximum atomic E-state index is 13.4. The number of amides is 1. The van der Waals surface area contributed by atoms with E-state index in [0.717, 1.165) is 38.5 Å². The largest absolute Gasteiger partial charge is 0.394 e. The summed E-state index contributed by atoms with van der Waals surface area (Å²) in [4.78, 5) is 13.4. The van der Waals surface area contributed by atoms with Crippen molar-refractivity contribution in [2.75, 3.05) is 19.8 Å². The number of aliphatic hydroxyl groups excluding tert-OH is 8. The van der Waals surface area contributed by atoms with Crippen molar-refractivity contribution in [3.8, 4) is 0 Å². The molecule has 12 atom stereocenters. The minimum absolute atomic E-state index is 0.244. The van der Waals surface area contributed by atoms with Gasteiger partial charge in [-0.15, -0.1) is 0 Å². The molecule has 2 saturated heterocycles. The fourth-order valence-electron chi connectivity index (χ4n) is 12.5. The predicted octanol–water partition coefficient (Wildman–Crippen LogP) is 16.2. The molecule has 0 aliphatic carbocycles. The van der Waals surface area contributed by atoms with Crippen LogP contribution in [0.4, 0.5) is 0 Å². The molecule has 2 fully saturated rings. The molecule has 0 saturated carbocycles. The van der Waals surface area contributed by atoms with Gasteiger partial charge in [-0.25, -0.2) is 0 Å². The van der Waals surface area contributed by atoms with Gasteiger partial charge in [0.2, 0.25) is 5.91 Å². The van der Waals surface area contributed by atoms with E-state index < -0.39 is 86.8 Å². The van der Waals surface area contributed by atoms with Crippen LogP contribution in [0.3, 0.4) is 0 Å². The van der Waals surface area contributed by atoms with E-state index in [1.807, 2.05) is 6.08 Å². The van der Waals surface area contributed by atoms with Crippen molar-refractivity contribution in [2.45, 2.75) is 408 Å². The Balaban J connectivity index is 1.66. The molecule has 0 aromatic rings. The molecule has 14 nitrogen and oxygen atoms in total. The summed E-state index contributed by atoms with van der Waals surface area (Å²) < 4.78 is 22.9. The van der Waals surface area contributed by atoms with E-state index in [-0.39, 0.29) is 18.9 Å². The molecule has 0 radical (unpaired) electrons. The van der Waals surface area contributed by atoms with Gasteiger partial charge in [-0.1, -0.05) is 313 Å². The van der Waals surface area contributed by atoms with E-state index in [9.17, 15) is 45.6 Å². The first-order valence-electron chi connectivity index (χ1n) is 37.9. The Bertz CT molecular complexity index is 1690. The van der Waals surface area contributed by atoms with E-state index in [0.29, 0.717) is 12.8 Å². The summed E-state index contributed by atoms with van der Waals surface area (Å²) in [5.74, 6) is -0.244. The van der Waals surface area contributed by atoms with Crippen molar-refractivity contribution in [3.05, 3.63) is 48.6 Å². The van der Waals surface area contributed by atoms with Gasteiger partial charge in [-0.2, -0.15) is 0 Å². The number of carbonyl (C=O) groups excluding carboxylic acids is 1. The Morgan fingerprint density at radius 2 is 0.744 bits per heavy atom. The number of ether oxygens (including phenoxy) is 4. The first kappa shape index (κ1) is 84.0. The van der Waals surface area contributed by atoms with Crippen molar-refractivity contribution in [2.24, 2.45) is 0 Å². The highest BCUT2D eigenvalue weighted by molar-refractivity contribution is 5.76. The van der Waals surface area contributed by atoms with Crippen molar-refractivity contribution in [1.29, 1.82) is 0 Å². The Kier molecular flexibility index (Phi) is 56.6. The maximum Gasteiger partial charge on any atom is 0.220 e. The molecule has 2 heterocycles. The lowest BCUT2D eigenvalue weighted by molar-refractivity contribution is -0.359. The second-order valence-electron chi connectivity index (χ2n) is 26.8. The molecule has 0 aromatic heterocycles. The van der Waals surface area contributed by atoms with Gasteiger partial charge in [0.1, 0.15) is 48.8 Å². The number of hydrogen-bond donors (Lipinski definition) is 9. The molecule has 0 spiro atoms. The highest BCUT2D eigenvalue weighted by Crippen LogP contribution is 2.30. The highest BCUT2D eigenvalue weighted by atomic mass is 16.7.